The number of hydrogen-bond donors (Lipinski definition) is 2. The van der Waals surface area contributed by atoms with Gasteiger partial charge in [-0.1, -0.05) is 30.3 Å². The predicted octanol–water partition coefficient (Wildman–Crippen LogP) is 2.93. The van der Waals surface area contributed by atoms with Gasteiger partial charge in [0.2, 0.25) is 0 Å². The minimum Gasteiger partial charge on any atom is -0.496 e. The summed E-state index contributed by atoms with van der Waals surface area (Å²) in [5.74, 6) is 1.27. The Morgan fingerprint density at radius 3 is 2.65 bits per heavy atom. The Balaban J connectivity index is 2.01. The summed E-state index contributed by atoms with van der Waals surface area (Å²) in [6, 6.07) is 15.8. The molecule has 3 N–H and O–H groups in total. The van der Waals surface area contributed by atoms with Crippen LogP contribution in [0.2, 0.25) is 0 Å². The van der Waals surface area contributed by atoms with E-state index in [1.54, 1.807) is 7.11 Å². The fraction of sp³-hybridized carbons (Fsp3) is 0.188. The van der Waals surface area contributed by atoms with Crippen LogP contribution in [0, 0.1) is 6.92 Å². The third-order valence-corrected chi connectivity index (χ3v) is 2.95. The van der Waals surface area contributed by atoms with E-state index >= 15 is 0 Å². The number of aryl methyl sites for hydroxylation is 1. The van der Waals surface area contributed by atoms with E-state index in [-0.39, 0.29) is 0 Å². The van der Waals surface area contributed by atoms with Crippen molar-refractivity contribution in [1.29, 1.82) is 0 Å². The van der Waals surface area contributed by atoms with Crippen LogP contribution in [0.3, 0.4) is 0 Å². The first-order chi connectivity index (χ1) is 9.69. The van der Waals surface area contributed by atoms with Gasteiger partial charge in [-0.05, 0) is 36.2 Å². The van der Waals surface area contributed by atoms with Gasteiger partial charge < -0.3 is 15.8 Å². The molecule has 0 saturated carbocycles. The molecule has 20 heavy (non-hydrogen) atoms. The molecule has 0 aromatic heterocycles. The molecule has 0 aliphatic rings. The Morgan fingerprint density at radius 1 is 1.20 bits per heavy atom. The quantitative estimate of drug-likeness (QED) is 0.662. The summed E-state index contributed by atoms with van der Waals surface area (Å²) in [5, 5.41) is 3.05. The van der Waals surface area contributed by atoms with Crippen molar-refractivity contribution >= 4 is 11.6 Å². The van der Waals surface area contributed by atoms with Crippen molar-refractivity contribution in [3.05, 3.63) is 59.7 Å². The van der Waals surface area contributed by atoms with Gasteiger partial charge in [0.25, 0.3) is 0 Å². The number of benzene rings is 2. The highest BCUT2D eigenvalue weighted by Gasteiger charge is 2.00. The third kappa shape index (κ3) is 3.75. The van der Waals surface area contributed by atoms with Crippen LogP contribution in [0.1, 0.15) is 11.1 Å². The Hall–Kier alpha value is -2.49. The maximum Gasteiger partial charge on any atom is 0.193 e. The first-order valence-corrected chi connectivity index (χ1v) is 6.44. The minimum absolute atomic E-state index is 0.399. The number of methoxy groups -OCH3 is 1. The summed E-state index contributed by atoms with van der Waals surface area (Å²) in [6.07, 6.45) is 0. The number of nitrogens with two attached hydrogens (primary N) is 1. The molecule has 0 spiro atoms. The number of rotatable bonds is 4. The molecule has 0 aliphatic carbocycles. The van der Waals surface area contributed by atoms with Crippen molar-refractivity contribution < 1.29 is 4.74 Å². The highest BCUT2D eigenvalue weighted by Crippen LogP contribution is 2.19. The number of anilines is 1. The zero-order valence-electron chi connectivity index (χ0n) is 11.8. The molecule has 104 valence electrons. The predicted molar refractivity (Wildman–Crippen MR) is 83.1 cm³/mol. The monoisotopic (exact) mass is 269 g/mol. The van der Waals surface area contributed by atoms with Crippen LogP contribution in [0.15, 0.2) is 53.5 Å². The second kappa shape index (κ2) is 6.61. The Bertz CT molecular complexity index is 594. The first kappa shape index (κ1) is 13.9. The lowest BCUT2D eigenvalue weighted by Gasteiger charge is -2.07. The molecule has 0 saturated heterocycles. The fourth-order valence-corrected chi connectivity index (χ4v) is 1.85. The average Bonchev–Trinajstić information content (AvgIpc) is 2.47. The van der Waals surface area contributed by atoms with Crippen molar-refractivity contribution in [3.63, 3.8) is 0 Å². The Labute approximate surface area is 119 Å². The minimum atomic E-state index is 0.399. The maximum absolute atomic E-state index is 5.86. The molecule has 0 heterocycles. The van der Waals surface area contributed by atoms with Crippen LogP contribution in [0.5, 0.6) is 5.75 Å². The molecule has 0 fully saturated rings. The Morgan fingerprint density at radius 2 is 1.95 bits per heavy atom. The van der Waals surface area contributed by atoms with Crippen LogP contribution >= 0.6 is 0 Å². The van der Waals surface area contributed by atoms with E-state index in [0.29, 0.717) is 12.5 Å². The lowest BCUT2D eigenvalue weighted by molar-refractivity contribution is 0.411. The van der Waals surface area contributed by atoms with Crippen LogP contribution in [0.25, 0.3) is 0 Å². The second-order valence-electron chi connectivity index (χ2n) is 4.50. The third-order valence-electron chi connectivity index (χ3n) is 2.95. The highest BCUT2D eigenvalue weighted by atomic mass is 16.5. The molecule has 2 rings (SSSR count). The molecule has 4 nitrogen and oxygen atoms in total. The molecule has 0 amide bonds. The molecule has 2 aromatic rings. The van der Waals surface area contributed by atoms with Gasteiger partial charge in [0.1, 0.15) is 5.75 Å². The van der Waals surface area contributed by atoms with E-state index in [1.807, 2.05) is 55.5 Å². The van der Waals surface area contributed by atoms with E-state index in [1.165, 1.54) is 0 Å². The number of hydrogen-bond acceptors (Lipinski definition) is 2. The SMILES string of the molecule is COc1cc(CN=C(N)Nc2ccccc2)ccc1C. The molecular formula is C16H19N3O. The van der Waals surface area contributed by atoms with Crippen molar-refractivity contribution in [1.82, 2.24) is 0 Å². The van der Waals surface area contributed by atoms with Gasteiger partial charge in [-0.15, -0.1) is 0 Å². The largest absolute Gasteiger partial charge is 0.496 e. The molecule has 0 radical (unpaired) electrons. The topological polar surface area (TPSA) is 59.6 Å². The van der Waals surface area contributed by atoms with Gasteiger partial charge in [-0.3, -0.25) is 0 Å². The van der Waals surface area contributed by atoms with Gasteiger partial charge in [0.05, 0.1) is 13.7 Å². The van der Waals surface area contributed by atoms with Gasteiger partial charge in [0.15, 0.2) is 5.96 Å². The molecule has 0 unspecified atom stereocenters. The van der Waals surface area contributed by atoms with Crippen molar-refractivity contribution in [2.24, 2.45) is 10.7 Å². The average molecular weight is 269 g/mol. The van der Waals surface area contributed by atoms with Crippen molar-refractivity contribution in [3.8, 4) is 5.75 Å². The summed E-state index contributed by atoms with van der Waals surface area (Å²) >= 11 is 0. The summed E-state index contributed by atoms with van der Waals surface area (Å²) in [4.78, 5) is 4.32. The normalized spacial score (nSPS) is 11.2. The number of aliphatic imine (C=N–C) groups is 1. The van der Waals surface area contributed by atoms with E-state index in [0.717, 1.165) is 22.6 Å². The number of nitrogens with one attached hydrogen (secondary N) is 1. The van der Waals surface area contributed by atoms with Crippen LogP contribution in [-0.4, -0.2) is 13.1 Å². The van der Waals surface area contributed by atoms with Gasteiger partial charge in [-0.2, -0.15) is 0 Å². The summed E-state index contributed by atoms with van der Waals surface area (Å²) in [6.45, 7) is 2.53. The van der Waals surface area contributed by atoms with E-state index in [4.69, 9.17) is 10.5 Å². The number of para-hydroxylation sites is 1. The van der Waals surface area contributed by atoms with Gasteiger partial charge in [-0.25, -0.2) is 4.99 Å². The molecule has 0 bridgehead atoms. The van der Waals surface area contributed by atoms with E-state index < -0.39 is 0 Å². The van der Waals surface area contributed by atoms with Crippen LogP contribution in [0.4, 0.5) is 5.69 Å². The number of nitrogens with zero attached hydrogens (tertiary/aromatic N) is 1. The second-order valence-corrected chi connectivity index (χ2v) is 4.50. The number of ether oxygens (including phenoxy) is 1. The van der Waals surface area contributed by atoms with Crippen LogP contribution in [-0.2, 0) is 6.54 Å². The molecular weight excluding hydrogens is 250 g/mol. The fourth-order valence-electron chi connectivity index (χ4n) is 1.85. The summed E-state index contributed by atoms with van der Waals surface area (Å²) in [7, 11) is 1.67. The van der Waals surface area contributed by atoms with E-state index in [9.17, 15) is 0 Å². The summed E-state index contributed by atoms with van der Waals surface area (Å²) in [5.41, 5.74) is 8.96. The van der Waals surface area contributed by atoms with Gasteiger partial charge >= 0.3 is 0 Å². The first-order valence-electron chi connectivity index (χ1n) is 6.44. The zero-order chi connectivity index (χ0) is 14.4. The maximum atomic E-state index is 5.86. The molecule has 4 heteroatoms. The summed E-state index contributed by atoms with van der Waals surface area (Å²) < 4.78 is 5.29. The molecule has 0 atom stereocenters. The van der Waals surface area contributed by atoms with Crippen molar-refractivity contribution in [2.75, 3.05) is 12.4 Å². The van der Waals surface area contributed by atoms with Crippen molar-refractivity contribution in [2.45, 2.75) is 13.5 Å². The standard InChI is InChI=1S/C16H19N3O/c1-12-8-9-13(10-15(12)20-2)11-18-16(17)19-14-6-4-3-5-7-14/h3-10H,11H2,1-2H3,(H3,17,18,19). The molecule has 2 aromatic carbocycles. The lowest BCUT2D eigenvalue weighted by atomic mass is 10.1. The Kier molecular flexibility index (Phi) is 4.60. The zero-order valence-corrected chi connectivity index (χ0v) is 11.8. The van der Waals surface area contributed by atoms with Gasteiger partial charge in [0, 0.05) is 5.69 Å². The lowest BCUT2D eigenvalue weighted by Crippen LogP contribution is -2.22. The number of guanidine groups is 1. The highest BCUT2D eigenvalue weighted by molar-refractivity contribution is 5.92. The van der Waals surface area contributed by atoms with E-state index in [2.05, 4.69) is 10.3 Å². The smallest absolute Gasteiger partial charge is 0.193 e. The van der Waals surface area contributed by atoms with Crippen LogP contribution < -0.4 is 15.8 Å². The molecule has 0 aliphatic heterocycles.